The summed E-state index contributed by atoms with van der Waals surface area (Å²) in [6.45, 7) is 5.14. The van der Waals surface area contributed by atoms with Gasteiger partial charge in [0.2, 0.25) is 0 Å². The van der Waals surface area contributed by atoms with Crippen molar-refractivity contribution in [3.8, 4) is 5.75 Å². The lowest BCUT2D eigenvalue weighted by Gasteiger charge is -2.45. The van der Waals surface area contributed by atoms with Crippen LogP contribution in [0.1, 0.15) is 128 Å². The molecule has 4 atom stereocenters. The largest absolute Gasteiger partial charge is 0.494 e. The molecule has 0 spiro atoms. The van der Waals surface area contributed by atoms with Crippen LogP contribution in [0, 0.1) is 29.6 Å². The predicted octanol–water partition coefficient (Wildman–Crippen LogP) is 9.55. The molecule has 1 aromatic rings. The van der Waals surface area contributed by atoms with Gasteiger partial charge < -0.3 is 4.74 Å². The van der Waals surface area contributed by atoms with Crippen LogP contribution < -0.4 is 4.74 Å². The highest BCUT2D eigenvalue weighted by Gasteiger charge is 2.39. The van der Waals surface area contributed by atoms with Crippen LogP contribution in [0.2, 0.25) is 0 Å². The molecule has 3 saturated carbocycles. The Labute approximate surface area is 199 Å². The molecule has 0 amide bonds. The van der Waals surface area contributed by atoms with Crippen molar-refractivity contribution >= 4 is 0 Å². The SMILES string of the molecule is CCCCCCCC1CCC(C2CCC3CC(c4ccc(OCC)cc4)CCC3C2)CC1. The molecule has 0 aliphatic heterocycles. The van der Waals surface area contributed by atoms with Gasteiger partial charge in [-0.1, -0.05) is 70.4 Å². The van der Waals surface area contributed by atoms with Gasteiger partial charge in [0.15, 0.2) is 0 Å². The summed E-state index contributed by atoms with van der Waals surface area (Å²) in [7, 11) is 0. The van der Waals surface area contributed by atoms with Gasteiger partial charge in [-0.05, 0) is 111 Å². The van der Waals surface area contributed by atoms with Gasteiger partial charge in [-0.25, -0.2) is 0 Å². The first kappa shape index (κ1) is 24.2. The average molecular weight is 439 g/mol. The lowest BCUT2D eigenvalue weighted by Crippen LogP contribution is -2.34. The number of hydrogen-bond acceptors (Lipinski definition) is 1. The van der Waals surface area contributed by atoms with Crippen LogP contribution >= 0.6 is 0 Å². The summed E-state index contributed by atoms with van der Waals surface area (Å²) >= 11 is 0. The summed E-state index contributed by atoms with van der Waals surface area (Å²) < 4.78 is 5.64. The van der Waals surface area contributed by atoms with Gasteiger partial charge >= 0.3 is 0 Å². The molecule has 1 heteroatoms. The van der Waals surface area contributed by atoms with E-state index in [-0.39, 0.29) is 0 Å². The number of hydrogen-bond donors (Lipinski definition) is 0. The molecule has 180 valence electrons. The van der Waals surface area contributed by atoms with Crippen molar-refractivity contribution < 1.29 is 4.74 Å². The van der Waals surface area contributed by atoms with Crippen LogP contribution in [0.4, 0.5) is 0 Å². The molecule has 0 heterocycles. The van der Waals surface area contributed by atoms with E-state index in [2.05, 4.69) is 38.1 Å². The molecular formula is C31H50O. The summed E-state index contributed by atoms with van der Waals surface area (Å²) in [5.74, 6) is 7.03. The van der Waals surface area contributed by atoms with Gasteiger partial charge in [-0.15, -0.1) is 0 Å². The maximum Gasteiger partial charge on any atom is 0.119 e. The highest BCUT2D eigenvalue weighted by Crippen LogP contribution is 2.51. The normalized spacial score (nSPS) is 32.9. The summed E-state index contributed by atoms with van der Waals surface area (Å²) in [5.41, 5.74) is 1.56. The smallest absolute Gasteiger partial charge is 0.119 e. The van der Waals surface area contributed by atoms with Crippen molar-refractivity contribution in [1.82, 2.24) is 0 Å². The standard InChI is InChI=1S/C31H50O/c1-3-5-6-7-8-9-24-10-12-25(13-11-24)27-14-16-30-23-28(15-17-29(30)22-27)26-18-20-31(21-19-26)32-4-2/h18-21,24-25,27-30H,3-17,22-23H2,1-2H3. The molecular weight excluding hydrogens is 388 g/mol. The molecule has 3 aliphatic carbocycles. The van der Waals surface area contributed by atoms with Crippen molar-refractivity contribution in [1.29, 1.82) is 0 Å². The predicted molar refractivity (Wildman–Crippen MR) is 137 cm³/mol. The maximum atomic E-state index is 5.64. The monoisotopic (exact) mass is 438 g/mol. The van der Waals surface area contributed by atoms with E-state index in [1.807, 2.05) is 0 Å². The lowest BCUT2D eigenvalue weighted by molar-refractivity contribution is 0.0710. The molecule has 0 radical (unpaired) electrons. The molecule has 3 fully saturated rings. The first-order valence-electron chi connectivity index (χ1n) is 14.5. The second-order valence-corrected chi connectivity index (χ2v) is 11.6. The van der Waals surface area contributed by atoms with E-state index in [0.717, 1.165) is 47.9 Å². The van der Waals surface area contributed by atoms with Gasteiger partial charge in [0.05, 0.1) is 6.61 Å². The fourth-order valence-electron chi connectivity index (χ4n) is 7.64. The molecule has 4 unspecified atom stereocenters. The molecule has 4 rings (SSSR count). The van der Waals surface area contributed by atoms with E-state index in [4.69, 9.17) is 4.74 Å². The van der Waals surface area contributed by atoms with Crippen molar-refractivity contribution in [3.05, 3.63) is 29.8 Å². The molecule has 0 bridgehead atoms. The van der Waals surface area contributed by atoms with Crippen molar-refractivity contribution in [2.75, 3.05) is 6.61 Å². The fourth-order valence-corrected chi connectivity index (χ4v) is 7.64. The van der Waals surface area contributed by atoms with Gasteiger partial charge in [0, 0.05) is 0 Å². The van der Waals surface area contributed by atoms with Crippen LogP contribution in [0.3, 0.4) is 0 Å². The minimum Gasteiger partial charge on any atom is -0.494 e. The van der Waals surface area contributed by atoms with Gasteiger partial charge in [-0.3, -0.25) is 0 Å². The van der Waals surface area contributed by atoms with E-state index in [1.165, 1.54) is 70.6 Å². The van der Waals surface area contributed by atoms with Crippen LogP contribution in [-0.2, 0) is 0 Å². The van der Waals surface area contributed by atoms with E-state index in [0.29, 0.717) is 0 Å². The van der Waals surface area contributed by atoms with Crippen molar-refractivity contribution in [2.45, 2.75) is 122 Å². The third-order valence-corrected chi connectivity index (χ3v) is 9.59. The zero-order valence-electron chi connectivity index (χ0n) is 21.2. The Morgan fingerprint density at radius 2 is 1.28 bits per heavy atom. The second kappa shape index (κ2) is 12.5. The molecule has 0 aromatic heterocycles. The Bertz CT molecular complexity index is 641. The first-order chi connectivity index (χ1) is 15.8. The number of unbranched alkanes of at least 4 members (excludes halogenated alkanes) is 4. The average Bonchev–Trinajstić information content (AvgIpc) is 2.84. The van der Waals surface area contributed by atoms with E-state index >= 15 is 0 Å². The highest BCUT2D eigenvalue weighted by molar-refractivity contribution is 5.29. The molecule has 1 aromatic carbocycles. The van der Waals surface area contributed by atoms with Crippen molar-refractivity contribution in [3.63, 3.8) is 0 Å². The zero-order valence-corrected chi connectivity index (χ0v) is 21.2. The van der Waals surface area contributed by atoms with Gasteiger partial charge in [0.25, 0.3) is 0 Å². The minimum absolute atomic E-state index is 0.758. The summed E-state index contributed by atoms with van der Waals surface area (Å²) in [6, 6.07) is 9.04. The molecule has 3 aliphatic rings. The Balaban J connectivity index is 1.18. The Kier molecular flexibility index (Phi) is 9.42. The number of rotatable bonds is 10. The first-order valence-corrected chi connectivity index (χ1v) is 14.5. The van der Waals surface area contributed by atoms with E-state index in [9.17, 15) is 0 Å². The highest BCUT2D eigenvalue weighted by atomic mass is 16.5. The third-order valence-electron chi connectivity index (χ3n) is 9.59. The minimum atomic E-state index is 0.758. The van der Waals surface area contributed by atoms with Crippen LogP contribution in [0.25, 0.3) is 0 Å². The van der Waals surface area contributed by atoms with Crippen LogP contribution in [0.5, 0.6) is 5.75 Å². The van der Waals surface area contributed by atoms with Crippen LogP contribution in [-0.4, -0.2) is 6.61 Å². The maximum absolute atomic E-state index is 5.64. The third kappa shape index (κ3) is 6.54. The van der Waals surface area contributed by atoms with Crippen LogP contribution in [0.15, 0.2) is 24.3 Å². The number of benzene rings is 1. The Hall–Kier alpha value is -0.980. The second-order valence-electron chi connectivity index (χ2n) is 11.6. The number of ether oxygens (including phenoxy) is 1. The zero-order chi connectivity index (χ0) is 22.2. The fraction of sp³-hybridized carbons (Fsp3) is 0.806. The van der Waals surface area contributed by atoms with Gasteiger partial charge in [0.1, 0.15) is 5.75 Å². The van der Waals surface area contributed by atoms with Gasteiger partial charge in [-0.2, -0.15) is 0 Å². The summed E-state index contributed by atoms with van der Waals surface area (Å²) in [6.07, 6.45) is 23.9. The topological polar surface area (TPSA) is 9.23 Å². The summed E-state index contributed by atoms with van der Waals surface area (Å²) in [5, 5.41) is 0. The summed E-state index contributed by atoms with van der Waals surface area (Å²) in [4.78, 5) is 0. The van der Waals surface area contributed by atoms with E-state index in [1.54, 1.807) is 37.7 Å². The lowest BCUT2D eigenvalue weighted by atomic mass is 9.60. The number of fused-ring (bicyclic) bond motifs is 1. The van der Waals surface area contributed by atoms with Crippen molar-refractivity contribution in [2.24, 2.45) is 29.6 Å². The Morgan fingerprint density at radius 3 is 2.00 bits per heavy atom. The quantitative estimate of drug-likeness (QED) is 0.330. The molecule has 32 heavy (non-hydrogen) atoms. The van der Waals surface area contributed by atoms with E-state index < -0.39 is 0 Å². The molecule has 0 saturated heterocycles. The Morgan fingerprint density at radius 1 is 0.656 bits per heavy atom. The molecule has 0 N–H and O–H groups in total. The molecule has 1 nitrogen and oxygen atoms in total.